The van der Waals surface area contributed by atoms with Crippen molar-refractivity contribution in [1.29, 1.82) is 0 Å². The molecular formula is C22H21ClN2O4S. The van der Waals surface area contributed by atoms with Gasteiger partial charge in [0, 0.05) is 10.7 Å². The lowest BCUT2D eigenvalue weighted by atomic mass is 10.1. The summed E-state index contributed by atoms with van der Waals surface area (Å²) < 4.78 is 28.7. The fraction of sp³-hybridized carbons (Fsp3) is 0.136. The fourth-order valence-electron chi connectivity index (χ4n) is 2.96. The maximum Gasteiger partial charge on any atom is 0.238 e. The molecule has 0 aliphatic heterocycles. The predicted octanol–water partition coefficient (Wildman–Crippen LogP) is 4.58. The average molecular weight is 445 g/mol. The molecule has 0 radical (unpaired) electrons. The second-order valence-corrected chi connectivity index (χ2v) is 8.95. The lowest BCUT2D eigenvalue weighted by Crippen LogP contribution is -2.16. The first-order chi connectivity index (χ1) is 14.1. The number of ether oxygens (including phenoxy) is 1. The number of hydrogen-bond donors (Lipinski definition) is 2. The molecule has 0 heterocycles. The van der Waals surface area contributed by atoms with Crippen LogP contribution in [0.15, 0.2) is 65.6 Å². The molecule has 0 saturated heterocycles. The first-order valence-electron chi connectivity index (χ1n) is 9.07. The molecule has 6 nitrogen and oxygen atoms in total. The molecule has 0 spiro atoms. The highest BCUT2D eigenvalue weighted by Crippen LogP contribution is 2.26. The summed E-state index contributed by atoms with van der Waals surface area (Å²) in [6, 6.07) is 16.9. The average Bonchev–Trinajstić information content (AvgIpc) is 2.64. The fourth-order valence-corrected chi connectivity index (χ4v) is 3.68. The van der Waals surface area contributed by atoms with Gasteiger partial charge in [-0.05, 0) is 85.1 Å². The van der Waals surface area contributed by atoms with E-state index in [1.807, 2.05) is 19.1 Å². The molecule has 30 heavy (non-hydrogen) atoms. The van der Waals surface area contributed by atoms with E-state index in [4.69, 9.17) is 21.5 Å². The Balaban J connectivity index is 1.72. The van der Waals surface area contributed by atoms with Gasteiger partial charge < -0.3 is 10.1 Å². The van der Waals surface area contributed by atoms with Gasteiger partial charge in [-0.15, -0.1) is 0 Å². The number of halogens is 1. The number of benzene rings is 3. The molecule has 0 unspecified atom stereocenters. The SMILES string of the molecule is Cc1cc(CC(=O)Nc2ccc(S(N)(=O)=O)cc2C)cc(Oc2ccc(Cl)cc2)c1. The Morgan fingerprint density at radius 2 is 1.70 bits per heavy atom. The highest BCUT2D eigenvalue weighted by Gasteiger charge is 2.12. The molecule has 0 aromatic heterocycles. The summed E-state index contributed by atoms with van der Waals surface area (Å²) in [5, 5.41) is 8.56. The Bertz CT molecular complexity index is 1190. The van der Waals surface area contributed by atoms with Crippen LogP contribution in [-0.2, 0) is 21.2 Å². The van der Waals surface area contributed by atoms with Crippen molar-refractivity contribution in [2.24, 2.45) is 5.14 Å². The maximum absolute atomic E-state index is 12.5. The van der Waals surface area contributed by atoms with Crippen LogP contribution in [0.5, 0.6) is 11.5 Å². The molecule has 156 valence electrons. The van der Waals surface area contributed by atoms with Crippen LogP contribution in [0, 0.1) is 13.8 Å². The molecule has 3 aromatic carbocycles. The van der Waals surface area contributed by atoms with Gasteiger partial charge in [-0.1, -0.05) is 17.7 Å². The highest BCUT2D eigenvalue weighted by molar-refractivity contribution is 7.89. The Hall–Kier alpha value is -2.87. The number of rotatable bonds is 6. The molecule has 0 saturated carbocycles. The minimum atomic E-state index is -3.79. The van der Waals surface area contributed by atoms with E-state index in [0.29, 0.717) is 27.8 Å². The van der Waals surface area contributed by atoms with E-state index in [9.17, 15) is 13.2 Å². The van der Waals surface area contributed by atoms with Crippen LogP contribution in [-0.4, -0.2) is 14.3 Å². The smallest absolute Gasteiger partial charge is 0.238 e. The largest absolute Gasteiger partial charge is 0.457 e. The van der Waals surface area contributed by atoms with Crippen LogP contribution >= 0.6 is 11.6 Å². The van der Waals surface area contributed by atoms with Crippen molar-refractivity contribution in [1.82, 2.24) is 0 Å². The number of aryl methyl sites for hydroxylation is 2. The topological polar surface area (TPSA) is 98.5 Å². The van der Waals surface area contributed by atoms with Gasteiger partial charge in [0.15, 0.2) is 0 Å². The van der Waals surface area contributed by atoms with E-state index in [2.05, 4.69) is 5.32 Å². The monoisotopic (exact) mass is 444 g/mol. The van der Waals surface area contributed by atoms with Gasteiger partial charge in [0.05, 0.1) is 11.3 Å². The van der Waals surface area contributed by atoms with Gasteiger partial charge in [0.25, 0.3) is 0 Å². The number of carbonyl (C=O) groups excluding carboxylic acids is 1. The van der Waals surface area contributed by atoms with Gasteiger partial charge in [0.1, 0.15) is 11.5 Å². The molecule has 0 bridgehead atoms. The van der Waals surface area contributed by atoms with Crippen molar-refractivity contribution in [2.45, 2.75) is 25.2 Å². The van der Waals surface area contributed by atoms with Crippen LogP contribution in [0.25, 0.3) is 0 Å². The quantitative estimate of drug-likeness (QED) is 0.581. The molecular weight excluding hydrogens is 424 g/mol. The summed E-state index contributed by atoms with van der Waals surface area (Å²) in [6.07, 6.45) is 0.134. The minimum Gasteiger partial charge on any atom is -0.457 e. The molecule has 3 aromatic rings. The highest BCUT2D eigenvalue weighted by atomic mass is 35.5. The van der Waals surface area contributed by atoms with Crippen LogP contribution in [0.4, 0.5) is 5.69 Å². The lowest BCUT2D eigenvalue weighted by Gasteiger charge is -2.12. The van der Waals surface area contributed by atoms with Crippen molar-refractivity contribution in [2.75, 3.05) is 5.32 Å². The first kappa shape index (κ1) is 21.8. The van der Waals surface area contributed by atoms with E-state index in [0.717, 1.165) is 11.1 Å². The number of nitrogens with two attached hydrogens (primary N) is 1. The number of hydrogen-bond acceptors (Lipinski definition) is 4. The molecule has 0 atom stereocenters. The van der Waals surface area contributed by atoms with Gasteiger partial charge in [-0.2, -0.15) is 0 Å². The van der Waals surface area contributed by atoms with Gasteiger partial charge in [-0.3, -0.25) is 4.79 Å². The second kappa shape index (κ2) is 8.87. The zero-order valence-corrected chi connectivity index (χ0v) is 18.0. The third kappa shape index (κ3) is 5.82. The minimum absolute atomic E-state index is 0.000623. The molecule has 3 rings (SSSR count). The van der Waals surface area contributed by atoms with E-state index >= 15 is 0 Å². The van der Waals surface area contributed by atoms with E-state index in [1.54, 1.807) is 37.3 Å². The zero-order valence-electron chi connectivity index (χ0n) is 16.5. The third-order valence-corrected chi connectivity index (χ3v) is 5.49. The molecule has 0 fully saturated rings. The van der Waals surface area contributed by atoms with E-state index < -0.39 is 10.0 Å². The summed E-state index contributed by atoms with van der Waals surface area (Å²) in [4.78, 5) is 12.5. The standard InChI is InChI=1S/C22H21ClN2O4S/c1-14-9-16(12-19(10-14)29-18-5-3-17(23)4-6-18)13-22(26)25-21-8-7-20(11-15(21)2)30(24,27)28/h3-12H,13H2,1-2H3,(H,25,26)(H2,24,27,28). The maximum atomic E-state index is 12.5. The Kier molecular flexibility index (Phi) is 6.45. The second-order valence-electron chi connectivity index (χ2n) is 6.96. The predicted molar refractivity (Wildman–Crippen MR) is 118 cm³/mol. The number of nitrogens with one attached hydrogen (secondary N) is 1. The third-order valence-electron chi connectivity index (χ3n) is 4.33. The number of amides is 1. The van der Waals surface area contributed by atoms with Crippen molar-refractivity contribution in [3.8, 4) is 11.5 Å². The van der Waals surface area contributed by atoms with Crippen LogP contribution in [0.2, 0.25) is 5.02 Å². The molecule has 0 aliphatic rings. The van der Waals surface area contributed by atoms with Gasteiger partial charge in [-0.25, -0.2) is 13.6 Å². The van der Waals surface area contributed by atoms with Crippen molar-refractivity contribution >= 4 is 33.2 Å². The number of anilines is 1. The van der Waals surface area contributed by atoms with Crippen molar-refractivity contribution < 1.29 is 17.9 Å². The number of sulfonamides is 1. The van der Waals surface area contributed by atoms with Crippen LogP contribution < -0.4 is 15.2 Å². The van der Waals surface area contributed by atoms with Gasteiger partial charge >= 0.3 is 0 Å². The molecule has 3 N–H and O–H groups in total. The first-order valence-corrected chi connectivity index (χ1v) is 11.0. The van der Waals surface area contributed by atoms with E-state index in [-0.39, 0.29) is 17.2 Å². The summed E-state index contributed by atoms with van der Waals surface area (Å²) in [7, 11) is -3.79. The molecule has 8 heteroatoms. The van der Waals surface area contributed by atoms with Crippen LogP contribution in [0.1, 0.15) is 16.7 Å². The normalized spacial score (nSPS) is 11.2. The molecule has 0 aliphatic carbocycles. The van der Waals surface area contributed by atoms with Crippen molar-refractivity contribution in [3.63, 3.8) is 0 Å². The zero-order chi connectivity index (χ0) is 21.9. The number of carbonyl (C=O) groups is 1. The summed E-state index contributed by atoms with van der Waals surface area (Å²) >= 11 is 5.89. The molecule has 1 amide bonds. The Morgan fingerprint density at radius 3 is 2.33 bits per heavy atom. The lowest BCUT2D eigenvalue weighted by molar-refractivity contribution is -0.115. The Morgan fingerprint density at radius 1 is 1.00 bits per heavy atom. The summed E-state index contributed by atoms with van der Waals surface area (Å²) in [5.41, 5.74) is 2.87. The number of primary sulfonamides is 1. The van der Waals surface area contributed by atoms with Gasteiger partial charge in [0.2, 0.25) is 15.9 Å². The van der Waals surface area contributed by atoms with E-state index in [1.165, 1.54) is 18.2 Å². The summed E-state index contributed by atoms with van der Waals surface area (Å²) in [6.45, 7) is 3.63. The van der Waals surface area contributed by atoms with Crippen molar-refractivity contribution in [3.05, 3.63) is 82.4 Å². The summed E-state index contributed by atoms with van der Waals surface area (Å²) in [5.74, 6) is 1.03. The van der Waals surface area contributed by atoms with Crippen LogP contribution in [0.3, 0.4) is 0 Å². The Labute approximate surface area is 180 Å².